The minimum absolute atomic E-state index is 0.0832. The number of halogens is 1. The van der Waals surface area contributed by atoms with Crippen molar-refractivity contribution >= 4 is 40.3 Å². The quantitative estimate of drug-likeness (QED) is 0.336. The highest BCUT2D eigenvalue weighted by Crippen LogP contribution is 2.34. The maximum atomic E-state index is 12.4. The zero-order chi connectivity index (χ0) is 20.5. The van der Waals surface area contributed by atoms with Crippen molar-refractivity contribution in [3.8, 4) is 11.3 Å². The summed E-state index contributed by atoms with van der Waals surface area (Å²) >= 11 is 6.30. The van der Waals surface area contributed by atoms with Crippen LogP contribution in [0.3, 0.4) is 0 Å². The van der Waals surface area contributed by atoms with Gasteiger partial charge in [-0.15, -0.1) is 11.6 Å². The van der Waals surface area contributed by atoms with Crippen LogP contribution in [0.25, 0.3) is 28.4 Å². The number of carbonyl (C=O) groups is 1. The molecule has 1 fully saturated rings. The monoisotopic (exact) mass is 411 g/mol. The predicted molar refractivity (Wildman–Crippen MR) is 121 cm³/mol. The van der Waals surface area contributed by atoms with Crippen LogP contribution >= 0.6 is 11.6 Å². The largest absolute Gasteiger partial charge is 0.302 e. The molecule has 2 aromatic carbocycles. The number of aromatic nitrogens is 2. The fourth-order valence-electron chi connectivity index (χ4n) is 3.64. The lowest BCUT2D eigenvalue weighted by atomic mass is 9.97. The maximum Gasteiger partial charge on any atom is 0.248 e. The molecule has 3 heterocycles. The number of nitrogens with zero attached hydrogens (tertiary/aromatic N) is 3. The normalized spacial score (nSPS) is 18.7. The van der Waals surface area contributed by atoms with E-state index >= 15 is 0 Å². The van der Waals surface area contributed by atoms with Gasteiger partial charge in [0, 0.05) is 22.8 Å². The summed E-state index contributed by atoms with van der Waals surface area (Å²) in [6, 6.07) is 25.5. The van der Waals surface area contributed by atoms with Crippen molar-refractivity contribution in [1.82, 2.24) is 9.97 Å². The molecule has 5 heteroatoms. The van der Waals surface area contributed by atoms with Gasteiger partial charge >= 0.3 is 0 Å². The number of fused-ring (bicyclic) bond motifs is 1. The van der Waals surface area contributed by atoms with Gasteiger partial charge in [-0.3, -0.25) is 4.79 Å². The van der Waals surface area contributed by atoms with Gasteiger partial charge < -0.3 is 4.90 Å². The summed E-state index contributed by atoms with van der Waals surface area (Å²) < 4.78 is 0. The lowest BCUT2D eigenvalue weighted by Gasteiger charge is -2.42. The fourth-order valence-corrected chi connectivity index (χ4v) is 3.94. The Morgan fingerprint density at radius 2 is 1.70 bits per heavy atom. The fraction of sp³-hybridized carbons (Fsp3) is 0.0800. The number of carbonyl (C=O) groups excluding carboxylic acids is 1. The summed E-state index contributed by atoms with van der Waals surface area (Å²) in [5.74, 6) is -0.0832. The molecule has 30 heavy (non-hydrogen) atoms. The van der Waals surface area contributed by atoms with E-state index in [9.17, 15) is 4.79 Å². The van der Waals surface area contributed by atoms with Gasteiger partial charge in [0.1, 0.15) is 5.38 Å². The van der Waals surface area contributed by atoms with E-state index in [2.05, 4.69) is 9.97 Å². The van der Waals surface area contributed by atoms with E-state index in [1.807, 2.05) is 91.0 Å². The van der Waals surface area contributed by atoms with Crippen molar-refractivity contribution in [1.29, 1.82) is 0 Å². The van der Waals surface area contributed by atoms with Gasteiger partial charge in [-0.1, -0.05) is 54.6 Å². The molecule has 1 saturated heterocycles. The number of alkyl halides is 1. The minimum atomic E-state index is -0.544. The van der Waals surface area contributed by atoms with Crippen molar-refractivity contribution in [3.63, 3.8) is 0 Å². The summed E-state index contributed by atoms with van der Waals surface area (Å²) in [6.45, 7) is 0. The Morgan fingerprint density at radius 3 is 2.50 bits per heavy atom. The number of benzene rings is 2. The molecule has 4 nitrogen and oxygen atoms in total. The van der Waals surface area contributed by atoms with Crippen molar-refractivity contribution in [2.24, 2.45) is 0 Å². The average Bonchev–Trinajstić information content (AvgIpc) is 2.81. The Labute approximate surface area is 179 Å². The number of hydrogen-bond acceptors (Lipinski definition) is 3. The van der Waals surface area contributed by atoms with E-state index < -0.39 is 5.38 Å². The van der Waals surface area contributed by atoms with E-state index in [1.54, 1.807) is 11.1 Å². The molecule has 5 rings (SSSR count). The van der Waals surface area contributed by atoms with Gasteiger partial charge in [0.25, 0.3) is 0 Å². The smallest absolute Gasteiger partial charge is 0.248 e. The van der Waals surface area contributed by atoms with E-state index in [-0.39, 0.29) is 11.9 Å². The first-order valence-corrected chi connectivity index (χ1v) is 10.2. The van der Waals surface area contributed by atoms with Crippen LogP contribution in [-0.2, 0) is 4.79 Å². The second kappa shape index (κ2) is 7.73. The molecular weight excluding hydrogens is 394 g/mol. The topological polar surface area (TPSA) is 46.1 Å². The van der Waals surface area contributed by atoms with E-state index in [4.69, 9.17) is 11.6 Å². The van der Waals surface area contributed by atoms with Gasteiger partial charge in [-0.2, -0.15) is 0 Å². The summed E-state index contributed by atoms with van der Waals surface area (Å²) in [4.78, 5) is 23.1. The molecule has 2 aromatic heterocycles. The Kier molecular flexibility index (Phi) is 4.77. The van der Waals surface area contributed by atoms with Crippen molar-refractivity contribution in [2.45, 2.75) is 11.4 Å². The summed E-state index contributed by atoms with van der Waals surface area (Å²) in [7, 11) is 0. The number of anilines is 1. The van der Waals surface area contributed by atoms with Crippen LogP contribution < -0.4 is 4.90 Å². The molecule has 2 atom stereocenters. The van der Waals surface area contributed by atoms with Crippen LogP contribution in [0.2, 0.25) is 0 Å². The van der Waals surface area contributed by atoms with Gasteiger partial charge in [0.2, 0.25) is 5.91 Å². The van der Waals surface area contributed by atoms with Crippen LogP contribution in [0.5, 0.6) is 0 Å². The third-order valence-electron chi connectivity index (χ3n) is 5.26. The molecule has 1 aliphatic rings. The molecule has 0 bridgehead atoms. The Morgan fingerprint density at radius 1 is 0.900 bits per heavy atom. The lowest BCUT2D eigenvalue weighted by molar-refractivity contribution is -0.122. The highest BCUT2D eigenvalue weighted by molar-refractivity contribution is 6.37. The zero-order valence-corrected chi connectivity index (χ0v) is 16.8. The van der Waals surface area contributed by atoms with Gasteiger partial charge in [-0.05, 0) is 42.0 Å². The molecule has 146 valence electrons. The van der Waals surface area contributed by atoms with E-state index in [0.29, 0.717) is 5.65 Å². The third kappa shape index (κ3) is 3.36. The maximum absolute atomic E-state index is 12.4. The van der Waals surface area contributed by atoms with E-state index in [1.165, 1.54) is 0 Å². The van der Waals surface area contributed by atoms with Crippen LogP contribution in [0, 0.1) is 0 Å². The molecule has 0 aliphatic carbocycles. The Hall–Kier alpha value is -3.50. The predicted octanol–water partition coefficient (Wildman–Crippen LogP) is 5.33. The number of amides is 1. The molecule has 1 amide bonds. The summed E-state index contributed by atoms with van der Waals surface area (Å²) in [5.41, 5.74) is 4.43. The summed E-state index contributed by atoms with van der Waals surface area (Å²) in [6.07, 6.45) is 5.72. The average molecular weight is 412 g/mol. The minimum Gasteiger partial charge on any atom is -0.302 e. The Balaban J connectivity index is 1.39. The molecule has 4 aromatic rings. The van der Waals surface area contributed by atoms with Gasteiger partial charge in [0.15, 0.2) is 5.65 Å². The molecule has 0 N–H and O–H groups in total. The van der Waals surface area contributed by atoms with Crippen LogP contribution in [0.1, 0.15) is 5.56 Å². The second-order valence-corrected chi connectivity index (χ2v) is 7.63. The second-order valence-electron chi connectivity index (χ2n) is 7.16. The van der Waals surface area contributed by atoms with E-state index in [0.717, 1.165) is 27.9 Å². The van der Waals surface area contributed by atoms with Gasteiger partial charge in [-0.25, -0.2) is 9.97 Å². The SMILES string of the molecule is O=C1C(Cl)C(/C=C/c2ccccc2)N1c1ccc(-c2ccc3cccnc3n2)cc1. The lowest BCUT2D eigenvalue weighted by Crippen LogP contribution is -2.61. The highest BCUT2D eigenvalue weighted by Gasteiger charge is 2.45. The molecule has 0 spiro atoms. The first kappa shape index (κ1) is 18.5. The van der Waals surface area contributed by atoms with Crippen molar-refractivity contribution in [2.75, 3.05) is 4.90 Å². The molecule has 1 aliphatic heterocycles. The first-order chi connectivity index (χ1) is 14.7. The number of β-lactam (4-membered cyclic amide) rings is 1. The van der Waals surface area contributed by atoms with Crippen LogP contribution in [0.4, 0.5) is 5.69 Å². The molecule has 2 unspecified atom stereocenters. The van der Waals surface area contributed by atoms with Gasteiger partial charge in [0.05, 0.1) is 11.7 Å². The van der Waals surface area contributed by atoms with Crippen LogP contribution in [0.15, 0.2) is 91.1 Å². The summed E-state index contributed by atoms with van der Waals surface area (Å²) in [5, 5.41) is 0.461. The first-order valence-electron chi connectivity index (χ1n) is 9.73. The van der Waals surface area contributed by atoms with Crippen molar-refractivity contribution in [3.05, 3.63) is 96.7 Å². The number of rotatable bonds is 4. The Bertz CT molecular complexity index is 1240. The zero-order valence-electron chi connectivity index (χ0n) is 16.0. The highest BCUT2D eigenvalue weighted by atomic mass is 35.5. The molecular formula is C25H18ClN3O. The van der Waals surface area contributed by atoms with Crippen LogP contribution in [-0.4, -0.2) is 27.3 Å². The molecule has 0 saturated carbocycles. The standard InChI is InChI=1S/C25H18ClN3O/c26-23-22(15-8-17-5-2-1-3-6-17)29(25(23)30)20-12-9-18(10-13-20)21-14-11-19-7-4-16-27-24(19)28-21/h1-16,22-23H/b15-8+. The third-order valence-corrected chi connectivity index (χ3v) is 5.71. The number of hydrogen-bond donors (Lipinski definition) is 0. The molecule has 0 radical (unpaired) electrons. The number of pyridine rings is 2. The van der Waals surface area contributed by atoms with Crippen molar-refractivity contribution < 1.29 is 4.79 Å².